The summed E-state index contributed by atoms with van der Waals surface area (Å²) in [6.07, 6.45) is 1.80. The zero-order valence-electron chi connectivity index (χ0n) is 9.68. The molecule has 2 heteroatoms. The van der Waals surface area contributed by atoms with Gasteiger partial charge in [-0.05, 0) is 34.9 Å². The molecule has 0 saturated heterocycles. The number of carboxylic acid groups (broad SMARTS) is 1. The van der Waals surface area contributed by atoms with Crippen molar-refractivity contribution in [2.24, 2.45) is 0 Å². The van der Waals surface area contributed by atoms with E-state index >= 15 is 0 Å². The third-order valence-corrected chi connectivity index (χ3v) is 2.99. The van der Waals surface area contributed by atoms with Crippen molar-refractivity contribution in [3.05, 3.63) is 54.1 Å². The molecule has 0 bridgehead atoms. The van der Waals surface area contributed by atoms with Crippen molar-refractivity contribution in [3.63, 3.8) is 0 Å². The Morgan fingerprint density at radius 2 is 1.88 bits per heavy atom. The fourth-order valence-corrected chi connectivity index (χ4v) is 1.82. The van der Waals surface area contributed by atoms with Crippen LogP contribution in [-0.4, -0.2) is 11.1 Å². The number of rotatable bonds is 3. The number of carbonyl (C=O) groups is 1. The molecule has 2 aromatic carbocycles. The van der Waals surface area contributed by atoms with Crippen molar-refractivity contribution < 1.29 is 9.90 Å². The minimum Gasteiger partial charge on any atom is -0.481 e. The lowest BCUT2D eigenvalue weighted by Gasteiger charge is -2.08. The quantitative estimate of drug-likeness (QED) is 0.867. The highest BCUT2D eigenvalue weighted by molar-refractivity contribution is 5.87. The summed E-state index contributed by atoms with van der Waals surface area (Å²) in [6.45, 7) is 5.43. The van der Waals surface area contributed by atoms with Crippen molar-refractivity contribution in [2.75, 3.05) is 0 Å². The Hall–Kier alpha value is -2.09. The Morgan fingerprint density at radius 1 is 1.24 bits per heavy atom. The Bertz CT molecular complexity index is 584. The zero-order chi connectivity index (χ0) is 12.4. The van der Waals surface area contributed by atoms with E-state index in [1.165, 1.54) is 0 Å². The van der Waals surface area contributed by atoms with Crippen molar-refractivity contribution in [1.82, 2.24) is 0 Å². The smallest absolute Gasteiger partial charge is 0.310 e. The molecule has 0 aliphatic carbocycles. The van der Waals surface area contributed by atoms with Crippen LogP contribution in [0.1, 0.15) is 24.0 Å². The van der Waals surface area contributed by atoms with Crippen LogP contribution in [0.4, 0.5) is 0 Å². The molecule has 17 heavy (non-hydrogen) atoms. The molecule has 0 radical (unpaired) electrons. The van der Waals surface area contributed by atoms with E-state index in [2.05, 4.69) is 6.58 Å². The number of aliphatic carboxylic acids is 1. The monoisotopic (exact) mass is 226 g/mol. The number of benzene rings is 2. The van der Waals surface area contributed by atoms with E-state index < -0.39 is 11.9 Å². The van der Waals surface area contributed by atoms with E-state index in [1.807, 2.05) is 36.4 Å². The van der Waals surface area contributed by atoms with Crippen molar-refractivity contribution in [3.8, 4) is 0 Å². The zero-order valence-corrected chi connectivity index (χ0v) is 9.68. The predicted molar refractivity (Wildman–Crippen MR) is 70.1 cm³/mol. The fourth-order valence-electron chi connectivity index (χ4n) is 1.82. The molecule has 1 N–H and O–H groups in total. The number of fused-ring (bicyclic) bond motifs is 1. The summed E-state index contributed by atoms with van der Waals surface area (Å²) in [7, 11) is 0. The third-order valence-electron chi connectivity index (χ3n) is 2.99. The lowest BCUT2D eigenvalue weighted by molar-refractivity contribution is -0.138. The molecule has 0 heterocycles. The van der Waals surface area contributed by atoms with Crippen LogP contribution < -0.4 is 0 Å². The first-order valence-corrected chi connectivity index (χ1v) is 5.51. The molecule has 0 aromatic heterocycles. The summed E-state index contributed by atoms with van der Waals surface area (Å²) in [5.41, 5.74) is 1.90. The summed E-state index contributed by atoms with van der Waals surface area (Å²) < 4.78 is 0. The Kier molecular flexibility index (Phi) is 2.96. The normalized spacial score (nSPS) is 12.3. The van der Waals surface area contributed by atoms with Crippen LogP contribution in [0.5, 0.6) is 0 Å². The van der Waals surface area contributed by atoms with Gasteiger partial charge in [0.1, 0.15) is 0 Å². The first-order valence-electron chi connectivity index (χ1n) is 5.51. The minimum absolute atomic E-state index is 0.474. The Balaban J connectivity index is 2.51. The van der Waals surface area contributed by atoms with Gasteiger partial charge in [0, 0.05) is 0 Å². The summed E-state index contributed by atoms with van der Waals surface area (Å²) in [5.74, 6) is -1.27. The number of hydrogen-bond acceptors (Lipinski definition) is 1. The van der Waals surface area contributed by atoms with Gasteiger partial charge >= 0.3 is 5.97 Å². The van der Waals surface area contributed by atoms with Crippen LogP contribution in [0.25, 0.3) is 16.8 Å². The van der Waals surface area contributed by atoms with E-state index in [1.54, 1.807) is 13.0 Å². The van der Waals surface area contributed by atoms with Gasteiger partial charge in [-0.1, -0.05) is 43.0 Å². The van der Waals surface area contributed by atoms with Gasteiger partial charge in [0.25, 0.3) is 0 Å². The lowest BCUT2D eigenvalue weighted by Crippen LogP contribution is -2.06. The summed E-state index contributed by atoms with van der Waals surface area (Å²) in [5, 5.41) is 11.1. The van der Waals surface area contributed by atoms with Gasteiger partial charge in [0.15, 0.2) is 0 Å². The molecule has 2 rings (SSSR count). The van der Waals surface area contributed by atoms with Crippen LogP contribution in [0.2, 0.25) is 0 Å². The molecule has 2 aromatic rings. The van der Waals surface area contributed by atoms with Gasteiger partial charge in [-0.15, -0.1) is 0 Å². The molecule has 0 saturated carbocycles. The van der Waals surface area contributed by atoms with Crippen LogP contribution in [0.15, 0.2) is 43.0 Å². The maximum atomic E-state index is 10.9. The summed E-state index contributed by atoms with van der Waals surface area (Å²) in [4.78, 5) is 10.9. The molecular weight excluding hydrogens is 212 g/mol. The largest absolute Gasteiger partial charge is 0.481 e. The lowest BCUT2D eigenvalue weighted by atomic mass is 9.97. The van der Waals surface area contributed by atoms with Gasteiger partial charge in [0.2, 0.25) is 0 Å². The van der Waals surface area contributed by atoms with E-state index in [0.29, 0.717) is 0 Å². The topological polar surface area (TPSA) is 37.3 Å². The van der Waals surface area contributed by atoms with Crippen molar-refractivity contribution in [2.45, 2.75) is 12.8 Å². The fraction of sp³-hybridized carbons (Fsp3) is 0.133. The highest BCUT2D eigenvalue weighted by Crippen LogP contribution is 2.23. The van der Waals surface area contributed by atoms with Gasteiger partial charge in [-0.25, -0.2) is 0 Å². The standard InChI is InChI=1S/C15H14O2/c1-3-11-4-5-14-9-12(10(2)15(16)17)6-7-13(14)8-11/h3-10H,1H2,2H3,(H,16,17). The predicted octanol–water partition coefficient (Wildman–Crippen LogP) is 3.67. The molecule has 1 unspecified atom stereocenters. The molecule has 86 valence electrons. The van der Waals surface area contributed by atoms with E-state index in [0.717, 1.165) is 21.9 Å². The van der Waals surface area contributed by atoms with Gasteiger partial charge in [0.05, 0.1) is 5.92 Å². The molecule has 1 atom stereocenters. The van der Waals surface area contributed by atoms with Crippen molar-refractivity contribution in [1.29, 1.82) is 0 Å². The minimum atomic E-state index is -0.799. The van der Waals surface area contributed by atoms with Crippen LogP contribution in [0, 0.1) is 0 Å². The highest BCUT2D eigenvalue weighted by atomic mass is 16.4. The average Bonchev–Trinajstić information content (AvgIpc) is 2.36. The third kappa shape index (κ3) is 2.21. The summed E-state index contributed by atoms with van der Waals surface area (Å²) in [6, 6.07) is 11.8. The van der Waals surface area contributed by atoms with Gasteiger partial charge < -0.3 is 5.11 Å². The van der Waals surface area contributed by atoms with E-state index in [9.17, 15) is 4.79 Å². The molecule has 2 nitrogen and oxygen atoms in total. The number of hydrogen-bond donors (Lipinski definition) is 1. The molecule has 0 aliphatic rings. The molecule has 0 amide bonds. The Labute approximate surface area is 100 Å². The average molecular weight is 226 g/mol. The van der Waals surface area contributed by atoms with Crippen molar-refractivity contribution >= 4 is 22.8 Å². The second-order valence-electron chi connectivity index (χ2n) is 4.13. The summed E-state index contributed by atoms with van der Waals surface area (Å²) >= 11 is 0. The second-order valence-corrected chi connectivity index (χ2v) is 4.13. The SMILES string of the molecule is C=Cc1ccc2cc(C(C)C(=O)O)ccc2c1. The van der Waals surface area contributed by atoms with Gasteiger partial charge in [-0.2, -0.15) is 0 Å². The van der Waals surface area contributed by atoms with Crippen LogP contribution >= 0.6 is 0 Å². The van der Waals surface area contributed by atoms with Gasteiger partial charge in [-0.3, -0.25) is 4.79 Å². The first-order chi connectivity index (χ1) is 8.11. The first kappa shape index (κ1) is 11.4. The van der Waals surface area contributed by atoms with E-state index in [4.69, 9.17) is 5.11 Å². The molecular formula is C15H14O2. The maximum absolute atomic E-state index is 10.9. The highest BCUT2D eigenvalue weighted by Gasteiger charge is 2.13. The number of carboxylic acids is 1. The molecule has 0 spiro atoms. The maximum Gasteiger partial charge on any atom is 0.310 e. The van der Waals surface area contributed by atoms with E-state index in [-0.39, 0.29) is 0 Å². The molecule has 0 fully saturated rings. The van der Waals surface area contributed by atoms with Crippen LogP contribution in [0.3, 0.4) is 0 Å². The molecule has 0 aliphatic heterocycles. The second kappa shape index (κ2) is 4.42. The Morgan fingerprint density at radius 3 is 2.53 bits per heavy atom. The van der Waals surface area contributed by atoms with Crippen LogP contribution in [-0.2, 0) is 4.79 Å².